The Morgan fingerprint density at radius 2 is 2.15 bits per heavy atom. The second-order valence-corrected chi connectivity index (χ2v) is 5.63. The molecule has 0 unspecified atom stereocenters. The molecule has 3 nitrogen and oxygen atoms in total. The van der Waals surface area contributed by atoms with Crippen molar-refractivity contribution in [3.63, 3.8) is 0 Å². The fraction of sp³-hybridized carbons (Fsp3) is 0.438. The third-order valence-electron chi connectivity index (χ3n) is 3.21. The molecule has 4 heteroatoms. The third kappa shape index (κ3) is 4.17. The van der Waals surface area contributed by atoms with Gasteiger partial charge >= 0.3 is 0 Å². The van der Waals surface area contributed by atoms with Crippen LogP contribution in [0.1, 0.15) is 30.7 Å². The van der Waals surface area contributed by atoms with Crippen LogP contribution in [0.3, 0.4) is 0 Å². The predicted octanol–water partition coefficient (Wildman–Crippen LogP) is 3.12. The molecular formula is C16H22FN3. The van der Waals surface area contributed by atoms with Gasteiger partial charge in [0, 0.05) is 19.3 Å². The first-order valence-corrected chi connectivity index (χ1v) is 7.01. The summed E-state index contributed by atoms with van der Waals surface area (Å²) in [6.07, 6.45) is 3.81. The van der Waals surface area contributed by atoms with Crippen molar-refractivity contribution in [3.05, 3.63) is 53.4 Å². The molecule has 108 valence electrons. The lowest BCUT2D eigenvalue weighted by Crippen LogP contribution is -2.19. The van der Waals surface area contributed by atoms with E-state index in [1.165, 1.54) is 6.07 Å². The van der Waals surface area contributed by atoms with Crippen molar-refractivity contribution in [2.45, 2.75) is 33.9 Å². The van der Waals surface area contributed by atoms with E-state index in [0.717, 1.165) is 29.9 Å². The largest absolute Gasteiger partial charge is 0.333 e. The topological polar surface area (TPSA) is 29.9 Å². The highest BCUT2D eigenvalue weighted by molar-refractivity contribution is 5.26. The molecule has 0 saturated carbocycles. The number of hydrogen-bond acceptors (Lipinski definition) is 2. The fourth-order valence-corrected chi connectivity index (χ4v) is 2.08. The fourth-order valence-electron chi connectivity index (χ4n) is 2.08. The number of hydrogen-bond donors (Lipinski definition) is 1. The average Bonchev–Trinajstić information content (AvgIpc) is 2.81. The number of nitrogens with one attached hydrogen (secondary N) is 1. The Bertz CT molecular complexity index is 561. The Morgan fingerprint density at radius 1 is 1.35 bits per heavy atom. The molecule has 0 bridgehead atoms. The maximum absolute atomic E-state index is 13.3. The van der Waals surface area contributed by atoms with Gasteiger partial charge in [-0.15, -0.1) is 0 Å². The average molecular weight is 275 g/mol. The predicted molar refractivity (Wildman–Crippen MR) is 79.0 cm³/mol. The van der Waals surface area contributed by atoms with Crippen LogP contribution in [0.25, 0.3) is 0 Å². The van der Waals surface area contributed by atoms with Gasteiger partial charge in [-0.2, -0.15) is 0 Å². The maximum atomic E-state index is 13.3. The molecule has 0 aliphatic rings. The molecule has 0 aliphatic carbocycles. The van der Waals surface area contributed by atoms with Gasteiger partial charge in [0.1, 0.15) is 5.82 Å². The molecule has 1 N–H and O–H groups in total. The molecule has 20 heavy (non-hydrogen) atoms. The summed E-state index contributed by atoms with van der Waals surface area (Å²) in [5.74, 6) is 0.441. The molecule has 0 aliphatic heterocycles. The van der Waals surface area contributed by atoms with Gasteiger partial charge < -0.3 is 9.88 Å². The van der Waals surface area contributed by atoms with Crippen LogP contribution in [0.2, 0.25) is 0 Å². The molecular weight excluding hydrogens is 253 g/mol. The quantitative estimate of drug-likeness (QED) is 0.878. The zero-order chi connectivity index (χ0) is 14.5. The first kappa shape index (κ1) is 14.7. The van der Waals surface area contributed by atoms with Gasteiger partial charge in [0.05, 0.1) is 12.0 Å². The Balaban J connectivity index is 1.97. The van der Waals surface area contributed by atoms with E-state index in [9.17, 15) is 4.39 Å². The van der Waals surface area contributed by atoms with Crippen LogP contribution in [0.5, 0.6) is 0 Å². The van der Waals surface area contributed by atoms with Gasteiger partial charge in [-0.05, 0) is 42.6 Å². The molecule has 0 saturated heterocycles. The summed E-state index contributed by atoms with van der Waals surface area (Å²) < 4.78 is 15.3. The number of nitrogens with zero attached hydrogens (tertiary/aromatic N) is 2. The van der Waals surface area contributed by atoms with Gasteiger partial charge in [0.25, 0.3) is 0 Å². The summed E-state index contributed by atoms with van der Waals surface area (Å²) in [5, 5.41) is 3.36. The molecule has 0 amide bonds. The van der Waals surface area contributed by atoms with Gasteiger partial charge in [-0.3, -0.25) is 0 Å². The van der Waals surface area contributed by atoms with E-state index >= 15 is 0 Å². The van der Waals surface area contributed by atoms with Crippen LogP contribution >= 0.6 is 0 Å². The third-order valence-corrected chi connectivity index (χ3v) is 3.21. The first-order chi connectivity index (χ1) is 9.54. The zero-order valence-electron chi connectivity index (χ0n) is 12.4. The minimum atomic E-state index is -0.190. The molecule has 2 aromatic rings. The summed E-state index contributed by atoms with van der Waals surface area (Å²) in [5.41, 5.74) is 3.10. The smallest absolute Gasteiger partial charge is 0.123 e. The number of aromatic nitrogens is 2. The monoisotopic (exact) mass is 275 g/mol. The van der Waals surface area contributed by atoms with E-state index in [1.807, 2.05) is 23.8 Å². The lowest BCUT2D eigenvalue weighted by atomic mass is 10.1. The maximum Gasteiger partial charge on any atom is 0.123 e. The molecule has 0 atom stereocenters. The summed E-state index contributed by atoms with van der Waals surface area (Å²) in [6.45, 7) is 8.76. The molecule has 0 spiro atoms. The Hall–Kier alpha value is -1.68. The highest BCUT2D eigenvalue weighted by Gasteiger charge is 2.04. The highest BCUT2D eigenvalue weighted by atomic mass is 19.1. The van der Waals surface area contributed by atoms with Gasteiger partial charge in [-0.1, -0.05) is 19.9 Å². The molecule has 1 aromatic carbocycles. The van der Waals surface area contributed by atoms with Crippen molar-refractivity contribution in [1.82, 2.24) is 14.9 Å². The Labute approximate surface area is 119 Å². The molecule has 0 radical (unpaired) electrons. The summed E-state index contributed by atoms with van der Waals surface area (Å²) >= 11 is 0. The second kappa shape index (κ2) is 6.66. The lowest BCUT2D eigenvalue weighted by molar-refractivity contribution is 0.548. The van der Waals surface area contributed by atoms with Gasteiger partial charge in [0.2, 0.25) is 0 Å². The number of halogens is 1. The van der Waals surface area contributed by atoms with E-state index in [2.05, 4.69) is 24.1 Å². The van der Waals surface area contributed by atoms with Crippen molar-refractivity contribution in [3.8, 4) is 0 Å². The minimum absolute atomic E-state index is 0.190. The normalized spacial score (nSPS) is 11.2. The zero-order valence-corrected chi connectivity index (χ0v) is 12.4. The van der Waals surface area contributed by atoms with E-state index in [0.29, 0.717) is 12.5 Å². The van der Waals surface area contributed by atoms with Crippen molar-refractivity contribution in [1.29, 1.82) is 0 Å². The van der Waals surface area contributed by atoms with Crippen molar-refractivity contribution in [2.75, 3.05) is 6.54 Å². The van der Waals surface area contributed by atoms with Crippen LogP contribution in [0.4, 0.5) is 4.39 Å². The number of benzene rings is 1. The van der Waals surface area contributed by atoms with Crippen LogP contribution in [0, 0.1) is 18.7 Å². The first-order valence-electron chi connectivity index (χ1n) is 7.01. The number of aryl methyl sites for hydroxylation is 1. The second-order valence-electron chi connectivity index (χ2n) is 5.63. The van der Waals surface area contributed by atoms with Crippen LogP contribution in [-0.2, 0) is 13.1 Å². The van der Waals surface area contributed by atoms with Gasteiger partial charge in [-0.25, -0.2) is 9.37 Å². The highest BCUT2D eigenvalue weighted by Crippen LogP contribution is 2.12. The van der Waals surface area contributed by atoms with Crippen molar-refractivity contribution < 1.29 is 4.39 Å². The van der Waals surface area contributed by atoms with Crippen LogP contribution in [0.15, 0.2) is 30.7 Å². The molecule has 1 aromatic heterocycles. The van der Waals surface area contributed by atoms with Crippen molar-refractivity contribution in [2.24, 2.45) is 5.92 Å². The standard InChI is InChI=1S/C16H22FN3/c1-12(2)7-18-8-16-10-20(11-19-16)9-14-6-15(17)5-4-13(14)3/h4-6,10-12,18H,7-9H2,1-3H3. The Morgan fingerprint density at radius 3 is 2.90 bits per heavy atom. The number of imidazole rings is 1. The number of rotatable bonds is 6. The Kier molecular flexibility index (Phi) is 4.90. The van der Waals surface area contributed by atoms with Crippen molar-refractivity contribution >= 4 is 0 Å². The van der Waals surface area contributed by atoms with E-state index in [4.69, 9.17) is 0 Å². The summed E-state index contributed by atoms with van der Waals surface area (Å²) in [4.78, 5) is 4.37. The minimum Gasteiger partial charge on any atom is -0.333 e. The molecule has 2 rings (SSSR count). The van der Waals surface area contributed by atoms with Crippen LogP contribution in [-0.4, -0.2) is 16.1 Å². The van der Waals surface area contributed by atoms with E-state index in [-0.39, 0.29) is 5.82 Å². The summed E-state index contributed by atoms with van der Waals surface area (Å²) in [7, 11) is 0. The van der Waals surface area contributed by atoms with Crippen LogP contribution < -0.4 is 5.32 Å². The SMILES string of the molecule is Cc1ccc(F)cc1Cn1cnc(CNCC(C)C)c1. The molecule has 0 fully saturated rings. The lowest BCUT2D eigenvalue weighted by Gasteiger charge is -2.07. The molecule has 1 heterocycles. The summed E-state index contributed by atoms with van der Waals surface area (Å²) in [6, 6.07) is 4.90. The van der Waals surface area contributed by atoms with Gasteiger partial charge in [0.15, 0.2) is 0 Å². The van der Waals surface area contributed by atoms with E-state index < -0.39 is 0 Å². The van der Waals surface area contributed by atoms with E-state index in [1.54, 1.807) is 12.4 Å².